The predicted octanol–water partition coefficient (Wildman–Crippen LogP) is 2.08. The van der Waals surface area contributed by atoms with Gasteiger partial charge in [0.2, 0.25) is 0 Å². The molecule has 1 aliphatic rings. The van der Waals surface area contributed by atoms with Crippen molar-refractivity contribution in [1.29, 1.82) is 0 Å². The Labute approximate surface area is 77.6 Å². The molecule has 0 bridgehead atoms. The third-order valence-electron chi connectivity index (χ3n) is 2.38. The van der Waals surface area contributed by atoms with E-state index in [0.29, 0.717) is 16.8 Å². The van der Waals surface area contributed by atoms with Crippen molar-refractivity contribution in [2.75, 3.05) is 0 Å². The molecule has 1 aromatic carbocycles. The van der Waals surface area contributed by atoms with Crippen LogP contribution in [0.1, 0.15) is 17.9 Å². The number of rotatable bonds is 2. The van der Waals surface area contributed by atoms with Gasteiger partial charge in [-0.3, -0.25) is 0 Å². The van der Waals surface area contributed by atoms with Crippen LogP contribution in [0.5, 0.6) is 0 Å². The third kappa shape index (κ3) is 1.34. The van der Waals surface area contributed by atoms with E-state index in [2.05, 4.69) is 24.3 Å². The zero-order chi connectivity index (χ0) is 8.55. The maximum atomic E-state index is 5.56. The van der Waals surface area contributed by atoms with Crippen LogP contribution in [0.15, 0.2) is 30.3 Å². The van der Waals surface area contributed by atoms with Gasteiger partial charge in [0.25, 0.3) is 0 Å². The molecule has 2 N–H and O–H groups in total. The van der Waals surface area contributed by atoms with Crippen molar-refractivity contribution in [3.63, 3.8) is 0 Å². The number of benzene rings is 1. The first-order valence-corrected chi connectivity index (χ1v) is 4.54. The van der Waals surface area contributed by atoms with Crippen molar-refractivity contribution in [3.8, 4) is 0 Å². The molecule has 0 heterocycles. The lowest BCUT2D eigenvalue weighted by Gasteiger charge is -1.97. The standard InChI is InChI=1S/C10H11NS/c11-10(12)9-6-8(9)7-4-2-1-3-5-7/h1-5,8-9H,6H2,(H2,11,12). The molecule has 1 aliphatic carbocycles. The van der Waals surface area contributed by atoms with E-state index in [0.717, 1.165) is 6.42 Å². The number of hydrogen-bond donors (Lipinski definition) is 1. The molecule has 2 unspecified atom stereocenters. The van der Waals surface area contributed by atoms with Crippen LogP contribution in [-0.2, 0) is 0 Å². The van der Waals surface area contributed by atoms with E-state index in [1.165, 1.54) is 5.56 Å². The normalized spacial score (nSPS) is 26.7. The maximum absolute atomic E-state index is 5.56. The Morgan fingerprint density at radius 3 is 2.50 bits per heavy atom. The van der Waals surface area contributed by atoms with Gasteiger partial charge in [-0.25, -0.2) is 0 Å². The van der Waals surface area contributed by atoms with Gasteiger partial charge in [-0.1, -0.05) is 42.5 Å². The van der Waals surface area contributed by atoms with E-state index in [4.69, 9.17) is 18.0 Å². The summed E-state index contributed by atoms with van der Waals surface area (Å²) in [5, 5.41) is 0. The Kier molecular flexibility index (Phi) is 1.85. The van der Waals surface area contributed by atoms with Gasteiger partial charge in [-0.2, -0.15) is 0 Å². The molecule has 62 valence electrons. The average Bonchev–Trinajstić information content (AvgIpc) is 2.84. The van der Waals surface area contributed by atoms with Crippen molar-refractivity contribution in [1.82, 2.24) is 0 Å². The van der Waals surface area contributed by atoms with Crippen LogP contribution in [0.3, 0.4) is 0 Å². The molecule has 0 saturated heterocycles. The second-order valence-corrected chi connectivity index (χ2v) is 3.73. The molecule has 12 heavy (non-hydrogen) atoms. The van der Waals surface area contributed by atoms with E-state index in [1.54, 1.807) is 0 Å². The van der Waals surface area contributed by atoms with Gasteiger partial charge in [0.15, 0.2) is 0 Å². The largest absolute Gasteiger partial charge is 0.393 e. The highest BCUT2D eigenvalue weighted by molar-refractivity contribution is 7.80. The van der Waals surface area contributed by atoms with Crippen LogP contribution in [0.25, 0.3) is 0 Å². The molecule has 2 rings (SSSR count). The fourth-order valence-corrected chi connectivity index (χ4v) is 1.84. The second-order valence-electron chi connectivity index (χ2n) is 3.26. The summed E-state index contributed by atoms with van der Waals surface area (Å²) in [6.45, 7) is 0. The van der Waals surface area contributed by atoms with E-state index < -0.39 is 0 Å². The monoisotopic (exact) mass is 177 g/mol. The summed E-state index contributed by atoms with van der Waals surface area (Å²) in [5.74, 6) is 1.06. The first-order valence-electron chi connectivity index (χ1n) is 4.13. The molecule has 2 atom stereocenters. The van der Waals surface area contributed by atoms with Crippen LogP contribution >= 0.6 is 12.2 Å². The van der Waals surface area contributed by atoms with Crippen LogP contribution in [0.4, 0.5) is 0 Å². The zero-order valence-electron chi connectivity index (χ0n) is 6.73. The summed E-state index contributed by atoms with van der Waals surface area (Å²) >= 11 is 4.94. The van der Waals surface area contributed by atoms with E-state index in [9.17, 15) is 0 Å². The quantitative estimate of drug-likeness (QED) is 0.700. The summed E-state index contributed by atoms with van der Waals surface area (Å²) in [6, 6.07) is 10.4. The Morgan fingerprint density at radius 1 is 1.33 bits per heavy atom. The summed E-state index contributed by atoms with van der Waals surface area (Å²) in [5.41, 5.74) is 6.93. The summed E-state index contributed by atoms with van der Waals surface area (Å²) < 4.78 is 0. The summed E-state index contributed by atoms with van der Waals surface area (Å²) in [7, 11) is 0. The van der Waals surface area contributed by atoms with Crippen molar-refractivity contribution in [2.24, 2.45) is 11.7 Å². The van der Waals surface area contributed by atoms with Crippen LogP contribution in [-0.4, -0.2) is 4.99 Å². The molecule has 0 aliphatic heterocycles. The van der Waals surface area contributed by atoms with Crippen LogP contribution in [0.2, 0.25) is 0 Å². The van der Waals surface area contributed by atoms with Crippen molar-refractivity contribution < 1.29 is 0 Å². The summed E-state index contributed by atoms with van der Waals surface area (Å²) in [6.07, 6.45) is 1.14. The van der Waals surface area contributed by atoms with Gasteiger partial charge in [-0.05, 0) is 17.9 Å². The minimum Gasteiger partial charge on any atom is -0.393 e. The molecule has 2 heteroatoms. The maximum Gasteiger partial charge on any atom is 0.0765 e. The smallest absolute Gasteiger partial charge is 0.0765 e. The first-order chi connectivity index (χ1) is 5.79. The van der Waals surface area contributed by atoms with Crippen LogP contribution < -0.4 is 5.73 Å². The lowest BCUT2D eigenvalue weighted by molar-refractivity contribution is 1.06. The Bertz CT molecular complexity index is 294. The van der Waals surface area contributed by atoms with E-state index >= 15 is 0 Å². The highest BCUT2D eigenvalue weighted by Crippen LogP contribution is 2.47. The molecule has 0 spiro atoms. The fourth-order valence-electron chi connectivity index (χ4n) is 1.58. The van der Waals surface area contributed by atoms with Gasteiger partial charge in [0, 0.05) is 5.92 Å². The highest BCUT2D eigenvalue weighted by Gasteiger charge is 2.40. The molecule has 1 nitrogen and oxygen atoms in total. The number of hydrogen-bond acceptors (Lipinski definition) is 1. The lowest BCUT2D eigenvalue weighted by Crippen LogP contribution is -2.10. The van der Waals surface area contributed by atoms with Crippen molar-refractivity contribution in [3.05, 3.63) is 35.9 Å². The zero-order valence-corrected chi connectivity index (χ0v) is 7.55. The van der Waals surface area contributed by atoms with Gasteiger partial charge >= 0.3 is 0 Å². The predicted molar refractivity (Wildman–Crippen MR) is 54.1 cm³/mol. The second kappa shape index (κ2) is 2.87. The van der Waals surface area contributed by atoms with E-state index in [-0.39, 0.29) is 0 Å². The molecular weight excluding hydrogens is 166 g/mol. The van der Waals surface area contributed by atoms with Gasteiger partial charge in [-0.15, -0.1) is 0 Å². The molecule has 0 aromatic heterocycles. The molecular formula is C10H11NS. The average molecular weight is 177 g/mol. The van der Waals surface area contributed by atoms with Gasteiger partial charge in [0.1, 0.15) is 0 Å². The van der Waals surface area contributed by atoms with Crippen molar-refractivity contribution >= 4 is 17.2 Å². The SMILES string of the molecule is NC(=S)C1CC1c1ccccc1. The molecule has 0 radical (unpaired) electrons. The van der Waals surface area contributed by atoms with Gasteiger partial charge < -0.3 is 5.73 Å². The molecule has 1 saturated carbocycles. The van der Waals surface area contributed by atoms with Crippen LogP contribution in [0, 0.1) is 5.92 Å². The Morgan fingerprint density at radius 2 is 2.00 bits per heavy atom. The molecule has 0 amide bonds. The van der Waals surface area contributed by atoms with Gasteiger partial charge in [0.05, 0.1) is 4.99 Å². The highest BCUT2D eigenvalue weighted by atomic mass is 32.1. The Hall–Kier alpha value is -0.890. The van der Waals surface area contributed by atoms with E-state index in [1.807, 2.05) is 6.07 Å². The molecule has 1 fully saturated rings. The minimum atomic E-state index is 0.461. The first kappa shape index (κ1) is 7.74. The molecule has 1 aromatic rings. The fraction of sp³-hybridized carbons (Fsp3) is 0.300. The number of thiocarbonyl (C=S) groups is 1. The minimum absolute atomic E-state index is 0.461. The number of nitrogens with two attached hydrogens (primary N) is 1. The van der Waals surface area contributed by atoms with Crippen molar-refractivity contribution in [2.45, 2.75) is 12.3 Å². The topological polar surface area (TPSA) is 26.0 Å². The lowest BCUT2D eigenvalue weighted by atomic mass is 10.1. The summed E-state index contributed by atoms with van der Waals surface area (Å²) in [4.78, 5) is 0.670. The third-order valence-corrected chi connectivity index (χ3v) is 2.69. The Balaban J connectivity index is 2.11.